The molecule has 0 N–H and O–H groups in total. The van der Waals surface area contributed by atoms with Crippen LogP contribution in [-0.2, 0) is 0 Å². The quantitative estimate of drug-likeness (QED) is 0.763. The fourth-order valence-corrected chi connectivity index (χ4v) is 1.45. The Morgan fingerprint density at radius 1 is 1.47 bits per heavy atom. The van der Waals surface area contributed by atoms with E-state index in [1.165, 1.54) is 24.1 Å². The summed E-state index contributed by atoms with van der Waals surface area (Å²) in [7, 11) is 1.53. The Balaban J connectivity index is 2.78. The molecule has 0 saturated carbocycles. The van der Waals surface area contributed by atoms with Gasteiger partial charge in [-0.05, 0) is 25.5 Å². The first-order valence-corrected chi connectivity index (χ1v) is 5.70. The van der Waals surface area contributed by atoms with Crippen LogP contribution in [0.1, 0.15) is 23.7 Å². The molecule has 1 rings (SSSR count). The molecule has 0 fully saturated rings. The molecule has 1 aromatic carbocycles. The van der Waals surface area contributed by atoms with E-state index in [9.17, 15) is 13.6 Å². The summed E-state index contributed by atoms with van der Waals surface area (Å²) in [5, 5.41) is -0.0670. The third-order valence-corrected chi connectivity index (χ3v) is 2.61. The molecule has 0 aliphatic rings. The van der Waals surface area contributed by atoms with E-state index < -0.39 is 17.5 Å². The van der Waals surface area contributed by atoms with Crippen molar-refractivity contribution in [1.29, 1.82) is 0 Å². The van der Waals surface area contributed by atoms with Gasteiger partial charge in [-0.15, -0.1) is 11.6 Å². The van der Waals surface area contributed by atoms with Crippen molar-refractivity contribution in [3.63, 3.8) is 0 Å². The highest BCUT2D eigenvalue weighted by Gasteiger charge is 2.18. The Hall–Kier alpha value is -1.16. The van der Waals surface area contributed by atoms with E-state index in [1.807, 2.05) is 6.92 Å². The number of hydrogen-bond donors (Lipinski definition) is 0. The molecular formula is C12H14ClF2NO. The lowest BCUT2D eigenvalue weighted by molar-refractivity contribution is 0.0788. The van der Waals surface area contributed by atoms with Gasteiger partial charge in [0.15, 0.2) is 11.6 Å². The molecule has 0 aliphatic carbocycles. The van der Waals surface area contributed by atoms with Crippen molar-refractivity contribution in [2.45, 2.75) is 18.7 Å². The summed E-state index contributed by atoms with van der Waals surface area (Å²) in [6.07, 6.45) is 0.598. The van der Waals surface area contributed by atoms with Gasteiger partial charge in [0.25, 0.3) is 5.91 Å². The zero-order valence-electron chi connectivity index (χ0n) is 9.71. The first-order valence-electron chi connectivity index (χ1n) is 5.27. The van der Waals surface area contributed by atoms with Gasteiger partial charge in [-0.1, -0.05) is 6.07 Å². The maximum absolute atomic E-state index is 13.4. The molecule has 0 aliphatic heterocycles. The molecule has 0 heterocycles. The van der Waals surface area contributed by atoms with E-state index in [4.69, 9.17) is 11.6 Å². The predicted octanol–water partition coefficient (Wildman–Crippen LogP) is 3.05. The van der Waals surface area contributed by atoms with Crippen molar-refractivity contribution >= 4 is 17.5 Å². The van der Waals surface area contributed by atoms with E-state index in [2.05, 4.69) is 0 Å². The van der Waals surface area contributed by atoms with Crippen LogP contribution in [-0.4, -0.2) is 29.8 Å². The van der Waals surface area contributed by atoms with Gasteiger partial charge in [0, 0.05) is 19.0 Å². The number of benzene rings is 1. The lowest BCUT2D eigenvalue weighted by atomic mass is 10.1. The number of carbonyl (C=O) groups is 1. The minimum Gasteiger partial charge on any atom is -0.342 e. The fraction of sp³-hybridized carbons (Fsp3) is 0.417. The van der Waals surface area contributed by atoms with E-state index in [0.29, 0.717) is 13.0 Å². The molecule has 17 heavy (non-hydrogen) atoms. The maximum Gasteiger partial charge on any atom is 0.256 e. The number of carbonyl (C=O) groups excluding carboxylic acids is 1. The largest absolute Gasteiger partial charge is 0.342 e. The zero-order chi connectivity index (χ0) is 13.0. The predicted molar refractivity (Wildman–Crippen MR) is 63.3 cm³/mol. The molecular weight excluding hydrogens is 248 g/mol. The smallest absolute Gasteiger partial charge is 0.256 e. The summed E-state index contributed by atoms with van der Waals surface area (Å²) in [4.78, 5) is 13.1. The Morgan fingerprint density at radius 3 is 2.71 bits per heavy atom. The summed E-state index contributed by atoms with van der Waals surface area (Å²) in [5.41, 5.74) is -0.255. The number of amides is 1. The number of hydrogen-bond acceptors (Lipinski definition) is 1. The third-order valence-electron chi connectivity index (χ3n) is 2.39. The molecule has 1 amide bonds. The normalized spacial score (nSPS) is 12.3. The molecule has 0 radical (unpaired) electrons. The number of rotatable bonds is 4. The second kappa shape index (κ2) is 5.96. The molecule has 94 valence electrons. The van der Waals surface area contributed by atoms with E-state index in [-0.39, 0.29) is 10.9 Å². The van der Waals surface area contributed by atoms with Crippen LogP contribution in [0, 0.1) is 11.6 Å². The molecule has 1 atom stereocenters. The van der Waals surface area contributed by atoms with Crippen molar-refractivity contribution in [2.24, 2.45) is 0 Å². The Morgan fingerprint density at radius 2 is 2.12 bits per heavy atom. The highest BCUT2D eigenvalue weighted by Crippen LogP contribution is 2.13. The molecule has 1 unspecified atom stereocenters. The summed E-state index contributed by atoms with van der Waals surface area (Å²) < 4.78 is 26.3. The van der Waals surface area contributed by atoms with Gasteiger partial charge in [-0.3, -0.25) is 4.79 Å². The summed E-state index contributed by atoms with van der Waals surface area (Å²) in [6, 6.07) is 3.55. The Labute approximate surface area is 104 Å². The van der Waals surface area contributed by atoms with Crippen LogP contribution in [0.4, 0.5) is 8.78 Å². The van der Waals surface area contributed by atoms with Gasteiger partial charge in [-0.25, -0.2) is 8.78 Å². The minimum absolute atomic E-state index is 0.0670. The molecule has 2 nitrogen and oxygen atoms in total. The summed E-state index contributed by atoms with van der Waals surface area (Å²) in [5.74, 6) is -2.67. The second-order valence-corrected chi connectivity index (χ2v) is 4.64. The molecule has 0 spiro atoms. The van der Waals surface area contributed by atoms with E-state index in [1.54, 1.807) is 0 Å². The molecule has 0 saturated heterocycles. The van der Waals surface area contributed by atoms with Crippen LogP contribution in [0.3, 0.4) is 0 Å². The minimum atomic E-state index is -1.11. The average Bonchev–Trinajstić information content (AvgIpc) is 2.28. The zero-order valence-corrected chi connectivity index (χ0v) is 10.5. The lowest BCUT2D eigenvalue weighted by Gasteiger charge is -2.18. The fourth-order valence-electron chi connectivity index (χ4n) is 1.35. The van der Waals surface area contributed by atoms with Crippen molar-refractivity contribution < 1.29 is 13.6 Å². The lowest BCUT2D eigenvalue weighted by Crippen LogP contribution is -2.29. The molecule has 1 aromatic rings. The molecule has 5 heteroatoms. The van der Waals surface area contributed by atoms with Crippen LogP contribution < -0.4 is 0 Å². The van der Waals surface area contributed by atoms with Gasteiger partial charge in [-0.2, -0.15) is 0 Å². The maximum atomic E-state index is 13.4. The third kappa shape index (κ3) is 3.66. The van der Waals surface area contributed by atoms with Gasteiger partial charge in [0.2, 0.25) is 0 Å². The monoisotopic (exact) mass is 261 g/mol. The topological polar surface area (TPSA) is 20.3 Å². The standard InChI is InChI=1S/C12H14ClF2NO/c1-8(13)6-7-16(2)12(17)9-4-3-5-10(14)11(9)15/h3-5,8H,6-7H2,1-2H3. The number of halogens is 3. The van der Waals surface area contributed by atoms with E-state index in [0.717, 1.165) is 6.07 Å². The first kappa shape index (κ1) is 13.9. The first-order chi connectivity index (χ1) is 7.93. The Bertz CT molecular complexity index is 409. The van der Waals surface area contributed by atoms with Crippen molar-refractivity contribution in [1.82, 2.24) is 4.90 Å². The van der Waals surface area contributed by atoms with Crippen LogP contribution >= 0.6 is 11.6 Å². The number of nitrogens with zero attached hydrogens (tertiary/aromatic N) is 1. The van der Waals surface area contributed by atoms with Gasteiger partial charge in [0.05, 0.1) is 5.56 Å². The van der Waals surface area contributed by atoms with E-state index >= 15 is 0 Å². The van der Waals surface area contributed by atoms with Crippen LogP contribution in [0.15, 0.2) is 18.2 Å². The van der Waals surface area contributed by atoms with Crippen molar-refractivity contribution in [2.75, 3.05) is 13.6 Å². The highest BCUT2D eigenvalue weighted by atomic mass is 35.5. The summed E-state index contributed by atoms with van der Waals surface area (Å²) >= 11 is 5.76. The SMILES string of the molecule is CC(Cl)CCN(C)C(=O)c1cccc(F)c1F. The average molecular weight is 262 g/mol. The van der Waals surface area contributed by atoms with Gasteiger partial charge >= 0.3 is 0 Å². The highest BCUT2D eigenvalue weighted by molar-refractivity contribution is 6.20. The summed E-state index contributed by atoms with van der Waals surface area (Å²) in [6.45, 7) is 2.21. The van der Waals surface area contributed by atoms with Crippen molar-refractivity contribution in [3.05, 3.63) is 35.4 Å². The van der Waals surface area contributed by atoms with Crippen LogP contribution in [0.2, 0.25) is 0 Å². The van der Waals surface area contributed by atoms with Gasteiger partial charge < -0.3 is 4.90 Å². The number of alkyl halides is 1. The van der Waals surface area contributed by atoms with Gasteiger partial charge in [0.1, 0.15) is 0 Å². The second-order valence-electron chi connectivity index (χ2n) is 3.90. The molecule has 0 aromatic heterocycles. The van der Waals surface area contributed by atoms with Crippen LogP contribution in [0.5, 0.6) is 0 Å². The molecule has 0 bridgehead atoms. The van der Waals surface area contributed by atoms with Crippen LogP contribution in [0.25, 0.3) is 0 Å². The Kier molecular flexibility index (Phi) is 4.87. The van der Waals surface area contributed by atoms with Crippen molar-refractivity contribution in [3.8, 4) is 0 Å².